The van der Waals surface area contributed by atoms with Gasteiger partial charge in [-0.2, -0.15) is 4.31 Å². The summed E-state index contributed by atoms with van der Waals surface area (Å²) in [7, 11) is -6.40. The Morgan fingerprint density at radius 1 is 0.920 bits per heavy atom. The molecule has 6 nitrogen and oxygen atoms in total. The first-order valence-corrected chi connectivity index (χ1v) is 11.8. The van der Waals surface area contributed by atoms with Crippen molar-refractivity contribution in [3.8, 4) is 0 Å². The quantitative estimate of drug-likeness (QED) is 0.861. The molecule has 1 heterocycles. The average Bonchev–Trinajstić information content (AvgIpc) is 2.62. The third kappa shape index (κ3) is 3.63. The molecule has 0 aromatic heterocycles. The van der Waals surface area contributed by atoms with E-state index in [9.17, 15) is 16.8 Å². The molecule has 1 N–H and O–H groups in total. The Balaban J connectivity index is 1.97. The highest BCUT2D eigenvalue weighted by Gasteiger charge is 2.41. The van der Waals surface area contributed by atoms with Crippen LogP contribution < -0.4 is 4.72 Å². The molecule has 3 rings (SSSR count). The summed E-state index contributed by atoms with van der Waals surface area (Å²) in [4.78, 5) is -0.307. The van der Waals surface area contributed by atoms with Crippen molar-refractivity contribution >= 4 is 20.0 Å². The van der Waals surface area contributed by atoms with Crippen molar-refractivity contribution in [2.45, 2.75) is 54.7 Å². The van der Waals surface area contributed by atoms with Crippen LogP contribution in [0.5, 0.6) is 0 Å². The van der Waals surface area contributed by atoms with E-state index in [-0.39, 0.29) is 15.2 Å². The summed E-state index contributed by atoms with van der Waals surface area (Å²) < 4.78 is 54.7. The molecule has 1 aliphatic carbocycles. The van der Waals surface area contributed by atoms with Crippen LogP contribution in [0, 0.1) is 5.41 Å². The van der Waals surface area contributed by atoms with Crippen molar-refractivity contribution < 1.29 is 16.8 Å². The van der Waals surface area contributed by atoms with Crippen molar-refractivity contribution in [1.29, 1.82) is 0 Å². The summed E-state index contributed by atoms with van der Waals surface area (Å²) in [5.74, 6) is 0. The van der Waals surface area contributed by atoms with Crippen molar-refractivity contribution in [1.82, 2.24) is 9.03 Å². The standard InChI is InChI=1S/C17H26N2O4S2/c1-18-24(20,21)15-8-3-4-9-16(15)25(22,23)19-13-7-12-17(14-19)10-5-2-6-11-17/h3-4,8-9,18H,2,5-7,10-14H2,1H3. The van der Waals surface area contributed by atoms with E-state index in [1.165, 1.54) is 29.9 Å². The van der Waals surface area contributed by atoms with Crippen LogP contribution in [0.4, 0.5) is 0 Å². The van der Waals surface area contributed by atoms with Gasteiger partial charge in [0.2, 0.25) is 20.0 Å². The van der Waals surface area contributed by atoms with Gasteiger partial charge in [-0.1, -0.05) is 31.4 Å². The van der Waals surface area contributed by atoms with Crippen LogP contribution in [0.2, 0.25) is 0 Å². The largest absolute Gasteiger partial charge is 0.244 e. The zero-order chi connectivity index (χ0) is 18.1. The van der Waals surface area contributed by atoms with Gasteiger partial charge in [-0.15, -0.1) is 0 Å². The summed E-state index contributed by atoms with van der Waals surface area (Å²) in [6.07, 6.45) is 7.55. The maximum atomic E-state index is 13.2. The maximum Gasteiger partial charge on any atom is 0.244 e. The lowest BCUT2D eigenvalue weighted by Gasteiger charge is -2.44. The van der Waals surface area contributed by atoms with Gasteiger partial charge >= 0.3 is 0 Å². The first-order chi connectivity index (χ1) is 11.8. The first-order valence-electron chi connectivity index (χ1n) is 8.84. The molecule has 1 saturated heterocycles. The Bertz CT molecular complexity index is 822. The van der Waals surface area contributed by atoms with E-state index in [0.717, 1.165) is 38.5 Å². The first kappa shape index (κ1) is 18.8. The zero-order valence-corrected chi connectivity index (χ0v) is 16.2. The van der Waals surface area contributed by atoms with Crippen LogP contribution in [0.15, 0.2) is 34.1 Å². The number of sulfonamides is 2. The molecule has 1 aliphatic heterocycles. The predicted octanol–water partition coefficient (Wildman–Crippen LogP) is 2.33. The van der Waals surface area contributed by atoms with Crippen molar-refractivity contribution in [3.05, 3.63) is 24.3 Å². The molecule has 1 saturated carbocycles. The lowest BCUT2D eigenvalue weighted by atomic mass is 9.70. The molecule has 0 radical (unpaired) electrons. The predicted molar refractivity (Wildman–Crippen MR) is 96.2 cm³/mol. The van der Waals surface area contributed by atoms with Gasteiger partial charge in [-0.05, 0) is 50.3 Å². The van der Waals surface area contributed by atoms with E-state index < -0.39 is 20.0 Å². The summed E-state index contributed by atoms with van der Waals surface area (Å²) >= 11 is 0. The van der Waals surface area contributed by atoms with Crippen LogP contribution in [0.3, 0.4) is 0 Å². The Morgan fingerprint density at radius 3 is 2.16 bits per heavy atom. The molecule has 2 aliphatic rings. The molecular formula is C17H26N2O4S2. The maximum absolute atomic E-state index is 13.2. The minimum absolute atomic E-state index is 0.0698. The number of rotatable bonds is 4. The zero-order valence-electron chi connectivity index (χ0n) is 14.6. The van der Waals surface area contributed by atoms with Gasteiger partial charge in [0.25, 0.3) is 0 Å². The molecule has 140 valence electrons. The molecular weight excluding hydrogens is 360 g/mol. The number of benzene rings is 1. The van der Waals surface area contributed by atoms with E-state index in [4.69, 9.17) is 0 Å². The lowest BCUT2D eigenvalue weighted by Crippen LogP contribution is -2.47. The minimum atomic E-state index is -3.85. The van der Waals surface area contributed by atoms with Gasteiger partial charge in [-0.3, -0.25) is 0 Å². The molecule has 25 heavy (non-hydrogen) atoms. The SMILES string of the molecule is CNS(=O)(=O)c1ccccc1S(=O)(=O)N1CCCC2(CCCCC2)C1. The van der Waals surface area contributed by atoms with Crippen molar-refractivity contribution in [2.75, 3.05) is 20.1 Å². The third-order valence-electron chi connectivity index (χ3n) is 5.57. The second-order valence-corrected chi connectivity index (χ2v) is 10.9. The van der Waals surface area contributed by atoms with Gasteiger partial charge < -0.3 is 0 Å². The number of nitrogens with zero attached hydrogens (tertiary/aromatic N) is 1. The van der Waals surface area contributed by atoms with Gasteiger partial charge in [-0.25, -0.2) is 21.6 Å². The van der Waals surface area contributed by atoms with E-state index in [1.807, 2.05) is 0 Å². The second-order valence-electron chi connectivity index (χ2n) is 7.16. The molecule has 0 bridgehead atoms. The fraction of sp³-hybridized carbons (Fsp3) is 0.647. The molecule has 1 aromatic carbocycles. The fourth-order valence-corrected chi connectivity index (χ4v) is 7.33. The summed E-state index contributed by atoms with van der Waals surface area (Å²) in [6.45, 7) is 0.960. The van der Waals surface area contributed by atoms with Crippen LogP contribution in [0.25, 0.3) is 0 Å². The number of hydrogen-bond donors (Lipinski definition) is 1. The van der Waals surface area contributed by atoms with E-state index >= 15 is 0 Å². The van der Waals surface area contributed by atoms with Gasteiger partial charge in [0.05, 0.1) is 0 Å². The van der Waals surface area contributed by atoms with Crippen LogP contribution in [0.1, 0.15) is 44.9 Å². The molecule has 0 amide bonds. The minimum Gasteiger partial charge on any atom is -0.214 e. The van der Waals surface area contributed by atoms with E-state index in [1.54, 1.807) is 12.1 Å². The highest BCUT2D eigenvalue weighted by molar-refractivity contribution is 7.92. The van der Waals surface area contributed by atoms with Crippen molar-refractivity contribution in [2.24, 2.45) is 5.41 Å². The summed E-state index contributed by atoms with van der Waals surface area (Å²) in [6, 6.07) is 5.85. The average molecular weight is 387 g/mol. The Morgan fingerprint density at radius 2 is 1.52 bits per heavy atom. The summed E-state index contributed by atoms with van der Waals surface area (Å²) in [5.41, 5.74) is 0.0698. The smallest absolute Gasteiger partial charge is 0.214 e. The molecule has 0 unspecified atom stereocenters. The van der Waals surface area contributed by atoms with Crippen LogP contribution in [-0.2, 0) is 20.0 Å². The normalized spacial score (nSPS) is 22.1. The third-order valence-corrected chi connectivity index (χ3v) is 9.07. The highest BCUT2D eigenvalue weighted by atomic mass is 32.2. The lowest BCUT2D eigenvalue weighted by molar-refractivity contribution is 0.0964. The van der Waals surface area contributed by atoms with E-state index in [0.29, 0.717) is 13.1 Å². The Kier molecular flexibility index (Phi) is 5.26. The fourth-order valence-electron chi connectivity index (χ4n) is 4.21. The number of piperidine rings is 1. The highest BCUT2D eigenvalue weighted by Crippen LogP contribution is 2.44. The van der Waals surface area contributed by atoms with Gasteiger partial charge in [0.1, 0.15) is 9.79 Å². The van der Waals surface area contributed by atoms with Crippen LogP contribution >= 0.6 is 0 Å². The molecule has 2 fully saturated rings. The van der Waals surface area contributed by atoms with Gasteiger partial charge in [0, 0.05) is 13.1 Å². The Labute approximate surface area is 150 Å². The van der Waals surface area contributed by atoms with Gasteiger partial charge in [0.15, 0.2) is 0 Å². The molecule has 0 atom stereocenters. The Hall–Kier alpha value is -0.960. The molecule has 1 aromatic rings. The second kappa shape index (κ2) is 6.98. The molecule has 8 heteroatoms. The number of nitrogens with one attached hydrogen (secondary N) is 1. The molecule has 1 spiro atoms. The number of hydrogen-bond acceptors (Lipinski definition) is 4. The summed E-state index contributed by atoms with van der Waals surface area (Å²) in [5, 5.41) is 0. The van der Waals surface area contributed by atoms with Crippen molar-refractivity contribution in [3.63, 3.8) is 0 Å². The monoisotopic (exact) mass is 386 g/mol. The van der Waals surface area contributed by atoms with Crippen LogP contribution in [-0.4, -0.2) is 41.3 Å². The van der Waals surface area contributed by atoms with E-state index in [2.05, 4.69) is 4.72 Å². The topological polar surface area (TPSA) is 83.5 Å².